The highest BCUT2D eigenvalue weighted by Gasteiger charge is 2.18. The van der Waals surface area contributed by atoms with Gasteiger partial charge in [-0.1, -0.05) is 36.4 Å². The molecule has 18 heavy (non-hydrogen) atoms. The maximum atomic E-state index is 12.4. The first-order chi connectivity index (χ1) is 8.65. The van der Waals surface area contributed by atoms with Crippen LogP contribution in [0.3, 0.4) is 0 Å². The Balaban J connectivity index is 2.45. The molecule has 0 aliphatic carbocycles. The summed E-state index contributed by atoms with van der Waals surface area (Å²) in [5.74, 6) is 0.451. The molecule has 1 amide bonds. The van der Waals surface area contributed by atoms with E-state index in [0.29, 0.717) is 5.88 Å². The third kappa shape index (κ3) is 2.34. The normalized spacial score (nSPS) is 12.4. The van der Waals surface area contributed by atoms with Crippen molar-refractivity contribution < 1.29 is 4.79 Å². The van der Waals surface area contributed by atoms with E-state index in [1.54, 1.807) is 11.9 Å². The quantitative estimate of drug-likeness (QED) is 0.774. The SMILES string of the molecule is CC(CCl)N(C)C(=O)c1cccc2ccccc12. The summed E-state index contributed by atoms with van der Waals surface area (Å²) < 4.78 is 0. The maximum absolute atomic E-state index is 12.4. The number of rotatable bonds is 3. The lowest BCUT2D eigenvalue weighted by Crippen LogP contribution is -2.36. The Kier molecular flexibility index (Phi) is 3.87. The highest BCUT2D eigenvalue weighted by atomic mass is 35.5. The van der Waals surface area contributed by atoms with Gasteiger partial charge in [-0.25, -0.2) is 0 Å². The number of fused-ring (bicyclic) bond motifs is 1. The Morgan fingerprint density at radius 1 is 1.22 bits per heavy atom. The molecule has 0 bridgehead atoms. The van der Waals surface area contributed by atoms with Gasteiger partial charge in [-0.05, 0) is 23.8 Å². The van der Waals surface area contributed by atoms with Gasteiger partial charge in [0.05, 0.1) is 0 Å². The van der Waals surface area contributed by atoms with Gasteiger partial charge in [0.15, 0.2) is 0 Å². The molecule has 3 heteroatoms. The second-order valence-corrected chi connectivity index (χ2v) is 4.75. The number of carbonyl (C=O) groups excluding carboxylic acids is 1. The summed E-state index contributed by atoms with van der Waals surface area (Å²) in [5.41, 5.74) is 0.729. The van der Waals surface area contributed by atoms with Crippen LogP contribution in [0.25, 0.3) is 10.8 Å². The highest BCUT2D eigenvalue weighted by Crippen LogP contribution is 2.20. The third-order valence-corrected chi connectivity index (χ3v) is 3.67. The van der Waals surface area contributed by atoms with E-state index < -0.39 is 0 Å². The van der Waals surface area contributed by atoms with Crippen molar-refractivity contribution >= 4 is 28.3 Å². The summed E-state index contributed by atoms with van der Waals surface area (Å²) >= 11 is 5.80. The van der Waals surface area contributed by atoms with E-state index in [4.69, 9.17) is 11.6 Å². The predicted octanol–water partition coefficient (Wildman–Crippen LogP) is 3.54. The minimum atomic E-state index is 0.0138. The molecule has 2 aromatic rings. The van der Waals surface area contributed by atoms with Crippen LogP contribution in [0.1, 0.15) is 17.3 Å². The fourth-order valence-corrected chi connectivity index (χ4v) is 2.11. The first-order valence-corrected chi connectivity index (χ1v) is 6.49. The van der Waals surface area contributed by atoms with Crippen LogP contribution < -0.4 is 0 Å². The van der Waals surface area contributed by atoms with Crippen LogP contribution in [0, 0.1) is 0 Å². The number of nitrogens with zero attached hydrogens (tertiary/aromatic N) is 1. The lowest BCUT2D eigenvalue weighted by molar-refractivity contribution is 0.0758. The van der Waals surface area contributed by atoms with Gasteiger partial charge in [-0.2, -0.15) is 0 Å². The Labute approximate surface area is 112 Å². The summed E-state index contributed by atoms with van der Waals surface area (Å²) in [6.45, 7) is 1.94. The Morgan fingerprint density at radius 3 is 2.61 bits per heavy atom. The van der Waals surface area contributed by atoms with Crippen LogP contribution in [-0.4, -0.2) is 29.8 Å². The van der Waals surface area contributed by atoms with Crippen molar-refractivity contribution in [1.29, 1.82) is 0 Å². The fourth-order valence-electron chi connectivity index (χ4n) is 1.91. The molecule has 0 aliphatic rings. The van der Waals surface area contributed by atoms with Crippen LogP contribution in [0.5, 0.6) is 0 Å². The van der Waals surface area contributed by atoms with Crippen LogP contribution in [0.15, 0.2) is 42.5 Å². The highest BCUT2D eigenvalue weighted by molar-refractivity contribution is 6.18. The van der Waals surface area contributed by atoms with Crippen molar-refractivity contribution in [3.63, 3.8) is 0 Å². The topological polar surface area (TPSA) is 20.3 Å². The largest absolute Gasteiger partial charge is 0.338 e. The molecule has 0 heterocycles. The minimum Gasteiger partial charge on any atom is -0.338 e. The molecule has 0 aliphatic heterocycles. The number of carbonyl (C=O) groups is 1. The molecule has 2 nitrogen and oxygen atoms in total. The molecule has 0 radical (unpaired) electrons. The summed E-state index contributed by atoms with van der Waals surface area (Å²) in [6, 6.07) is 13.7. The number of hydrogen-bond acceptors (Lipinski definition) is 1. The monoisotopic (exact) mass is 261 g/mol. The second-order valence-electron chi connectivity index (χ2n) is 4.45. The van der Waals surface area contributed by atoms with Crippen molar-refractivity contribution in [3.05, 3.63) is 48.0 Å². The van der Waals surface area contributed by atoms with Crippen LogP contribution >= 0.6 is 11.6 Å². The summed E-state index contributed by atoms with van der Waals surface area (Å²) in [7, 11) is 1.79. The van der Waals surface area contributed by atoms with Crippen molar-refractivity contribution in [2.24, 2.45) is 0 Å². The van der Waals surface area contributed by atoms with Crippen LogP contribution in [0.4, 0.5) is 0 Å². The standard InChI is InChI=1S/C15H16ClNO/c1-11(10-16)17(2)15(18)14-9-5-7-12-6-3-4-8-13(12)14/h3-9,11H,10H2,1-2H3. The fraction of sp³-hybridized carbons (Fsp3) is 0.267. The lowest BCUT2D eigenvalue weighted by atomic mass is 10.0. The van der Waals surface area contributed by atoms with Gasteiger partial charge in [0.25, 0.3) is 5.91 Å². The van der Waals surface area contributed by atoms with Gasteiger partial charge in [-0.15, -0.1) is 11.6 Å². The minimum absolute atomic E-state index is 0.0138. The van der Waals surface area contributed by atoms with E-state index in [2.05, 4.69) is 0 Å². The second kappa shape index (κ2) is 5.40. The molecule has 0 saturated carbocycles. The predicted molar refractivity (Wildman–Crippen MR) is 76.2 cm³/mol. The third-order valence-electron chi connectivity index (χ3n) is 3.22. The van der Waals surface area contributed by atoms with Crippen molar-refractivity contribution in [2.45, 2.75) is 13.0 Å². The van der Waals surface area contributed by atoms with Gasteiger partial charge < -0.3 is 4.90 Å². The zero-order valence-electron chi connectivity index (χ0n) is 10.6. The van der Waals surface area contributed by atoms with E-state index >= 15 is 0 Å². The molecule has 0 aromatic heterocycles. The lowest BCUT2D eigenvalue weighted by Gasteiger charge is -2.23. The number of alkyl halides is 1. The number of benzene rings is 2. The number of hydrogen-bond donors (Lipinski definition) is 0. The van der Waals surface area contributed by atoms with Gasteiger partial charge in [0, 0.05) is 24.5 Å². The van der Waals surface area contributed by atoms with E-state index in [1.807, 2.05) is 49.4 Å². The van der Waals surface area contributed by atoms with Crippen molar-refractivity contribution in [1.82, 2.24) is 4.90 Å². The van der Waals surface area contributed by atoms with Gasteiger partial charge in [-0.3, -0.25) is 4.79 Å². The van der Waals surface area contributed by atoms with Crippen molar-refractivity contribution in [3.8, 4) is 0 Å². The van der Waals surface area contributed by atoms with Gasteiger partial charge >= 0.3 is 0 Å². The molecule has 2 aromatic carbocycles. The molecular weight excluding hydrogens is 246 g/mol. The molecule has 0 spiro atoms. The molecule has 1 unspecified atom stereocenters. The zero-order valence-corrected chi connectivity index (χ0v) is 11.3. The average Bonchev–Trinajstić information content (AvgIpc) is 2.44. The van der Waals surface area contributed by atoms with Crippen LogP contribution in [0.2, 0.25) is 0 Å². The van der Waals surface area contributed by atoms with Gasteiger partial charge in [0.1, 0.15) is 0 Å². The first-order valence-electron chi connectivity index (χ1n) is 5.96. The molecular formula is C15H16ClNO. The molecule has 94 valence electrons. The van der Waals surface area contributed by atoms with E-state index in [9.17, 15) is 4.79 Å². The number of amides is 1. The number of halogens is 1. The van der Waals surface area contributed by atoms with Gasteiger partial charge in [0.2, 0.25) is 0 Å². The summed E-state index contributed by atoms with van der Waals surface area (Å²) in [6.07, 6.45) is 0. The summed E-state index contributed by atoms with van der Waals surface area (Å²) in [4.78, 5) is 14.1. The molecule has 0 N–H and O–H groups in total. The van der Waals surface area contributed by atoms with Crippen LogP contribution in [-0.2, 0) is 0 Å². The van der Waals surface area contributed by atoms with E-state index in [0.717, 1.165) is 16.3 Å². The molecule has 0 fully saturated rings. The summed E-state index contributed by atoms with van der Waals surface area (Å²) in [5, 5.41) is 2.06. The van der Waals surface area contributed by atoms with E-state index in [1.165, 1.54) is 0 Å². The maximum Gasteiger partial charge on any atom is 0.254 e. The molecule has 1 atom stereocenters. The smallest absolute Gasteiger partial charge is 0.254 e. The van der Waals surface area contributed by atoms with Crippen molar-refractivity contribution in [2.75, 3.05) is 12.9 Å². The first kappa shape index (κ1) is 12.9. The Bertz CT molecular complexity index is 562. The zero-order chi connectivity index (χ0) is 13.1. The molecule has 0 saturated heterocycles. The average molecular weight is 262 g/mol. The Morgan fingerprint density at radius 2 is 1.89 bits per heavy atom. The molecule has 2 rings (SSSR count). The van der Waals surface area contributed by atoms with E-state index in [-0.39, 0.29) is 11.9 Å². The Hall–Kier alpha value is -1.54.